The maximum Gasteiger partial charge on any atom is 0.274 e. The van der Waals surface area contributed by atoms with E-state index >= 15 is 0 Å². The molecule has 4 aromatic carbocycles. The van der Waals surface area contributed by atoms with Crippen LogP contribution in [0.15, 0.2) is 96.3 Å². The van der Waals surface area contributed by atoms with E-state index in [0.717, 1.165) is 27.7 Å². The molecule has 0 aliphatic rings. The van der Waals surface area contributed by atoms with Gasteiger partial charge in [0.15, 0.2) is 16.5 Å². The fourth-order valence-electron chi connectivity index (χ4n) is 4.64. The van der Waals surface area contributed by atoms with Gasteiger partial charge in [0.2, 0.25) is 0 Å². The second-order valence-corrected chi connectivity index (χ2v) is 9.82. The topological polar surface area (TPSA) is 52.8 Å². The van der Waals surface area contributed by atoms with Crippen molar-refractivity contribution in [2.75, 3.05) is 7.11 Å². The second kappa shape index (κ2) is 9.56. The van der Waals surface area contributed by atoms with Gasteiger partial charge in [-0.3, -0.25) is 4.79 Å². The number of allylic oxidation sites excluding steroid dienone is 1. The summed E-state index contributed by atoms with van der Waals surface area (Å²) in [6.45, 7) is 4.33. The minimum Gasteiger partial charge on any atom is -0.493 e. The summed E-state index contributed by atoms with van der Waals surface area (Å²) >= 11 is 1.38. The van der Waals surface area contributed by atoms with Crippen molar-refractivity contribution in [2.45, 2.75) is 13.0 Å². The van der Waals surface area contributed by atoms with E-state index in [4.69, 9.17) is 9.47 Å². The normalized spacial score (nSPS) is 12.0. The highest BCUT2D eigenvalue weighted by Crippen LogP contribution is 2.35. The molecule has 182 valence electrons. The predicted molar refractivity (Wildman–Crippen MR) is 151 cm³/mol. The Labute approximate surface area is 217 Å². The van der Waals surface area contributed by atoms with Gasteiger partial charge in [-0.25, -0.2) is 9.38 Å². The minimum absolute atomic E-state index is 0.0745. The van der Waals surface area contributed by atoms with E-state index in [1.807, 2.05) is 60.7 Å². The van der Waals surface area contributed by atoms with Crippen molar-refractivity contribution in [2.24, 2.45) is 0 Å². The van der Waals surface area contributed by atoms with Crippen LogP contribution in [0.3, 0.4) is 0 Å². The van der Waals surface area contributed by atoms with E-state index < -0.39 is 0 Å². The summed E-state index contributed by atoms with van der Waals surface area (Å²) in [5.74, 6) is 1.30. The van der Waals surface area contributed by atoms with Crippen LogP contribution < -0.4 is 19.6 Å². The standard InChI is InChI=1S/C31H24N2O3S/c1-3-8-24-16-21(18-28-30(34)33-26-12-7-6-11-25(26)32-31(33)37-28)17-27(35-2)29(24)36-19-20-13-14-22-9-4-5-10-23(22)15-20/h3-7,9-18H,1,8,19H2,2H3/b28-18-. The van der Waals surface area contributed by atoms with E-state index in [0.29, 0.717) is 34.0 Å². The molecule has 0 saturated carbocycles. The molecule has 0 unspecified atom stereocenters. The zero-order chi connectivity index (χ0) is 25.4. The molecule has 0 saturated heterocycles. The second-order valence-electron chi connectivity index (χ2n) is 8.81. The van der Waals surface area contributed by atoms with Crippen molar-refractivity contribution in [3.63, 3.8) is 0 Å². The van der Waals surface area contributed by atoms with Gasteiger partial charge >= 0.3 is 0 Å². The van der Waals surface area contributed by atoms with Gasteiger partial charge in [-0.2, -0.15) is 0 Å². The van der Waals surface area contributed by atoms with E-state index in [9.17, 15) is 4.79 Å². The fraction of sp³-hybridized carbons (Fsp3) is 0.0968. The predicted octanol–water partition coefficient (Wildman–Crippen LogP) is 5.93. The molecule has 6 aromatic rings. The van der Waals surface area contributed by atoms with Crippen molar-refractivity contribution in [1.82, 2.24) is 9.38 Å². The highest BCUT2D eigenvalue weighted by Gasteiger charge is 2.15. The van der Waals surface area contributed by atoms with Crippen molar-refractivity contribution in [3.8, 4) is 11.5 Å². The van der Waals surface area contributed by atoms with Crippen molar-refractivity contribution < 1.29 is 9.47 Å². The highest BCUT2D eigenvalue weighted by atomic mass is 32.1. The Hall–Kier alpha value is -4.42. The van der Waals surface area contributed by atoms with Crippen molar-refractivity contribution in [1.29, 1.82) is 0 Å². The van der Waals surface area contributed by atoms with Gasteiger partial charge in [0.05, 0.1) is 22.7 Å². The molecule has 0 atom stereocenters. The summed E-state index contributed by atoms with van der Waals surface area (Å²) < 4.78 is 14.3. The Balaban J connectivity index is 1.38. The molecule has 0 fully saturated rings. The molecule has 0 amide bonds. The van der Waals surface area contributed by atoms with Crippen LogP contribution in [0.1, 0.15) is 16.7 Å². The third-order valence-corrected chi connectivity index (χ3v) is 7.35. The van der Waals surface area contributed by atoms with Crippen LogP contribution >= 0.6 is 11.3 Å². The number of thiazole rings is 1. The Kier molecular flexibility index (Phi) is 5.94. The van der Waals surface area contributed by atoms with Crippen molar-refractivity contribution >= 4 is 44.2 Å². The number of benzene rings is 4. The fourth-order valence-corrected chi connectivity index (χ4v) is 5.62. The molecule has 6 heteroatoms. The number of hydrogen-bond acceptors (Lipinski definition) is 5. The Morgan fingerprint density at radius 2 is 1.81 bits per heavy atom. The van der Waals surface area contributed by atoms with Gasteiger partial charge in [0, 0.05) is 5.56 Å². The number of methoxy groups -OCH3 is 1. The zero-order valence-corrected chi connectivity index (χ0v) is 21.1. The largest absolute Gasteiger partial charge is 0.493 e. The van der Waals surface area contributed by atoms with Crippen LogP contribution in [-0.4, -0.2) is 16.5 Å². The average Bonchev–Trinajstić information content (AvgIpc) is 3.43. The van der Waals surface area contributed by atoms with Crippen LogP contribution in [-0.2, 0) is 13.0 Å². The molecular formula is C31H24N2O3S. The number of nitrogens with zero attached hydrogens (tertiary/aromatic N) is 2. The molecular weight excluding hydrogens is 480 g/mol. The maximum absolute atomic E-state index is 13.2. The van der Waals surface area contributed by atoms with Crippen LogP contribution in [0.25, 0.3) is 32.8 Å². The molecule has 2 heterocycles. The average molecular weight is 505 g/mol. The van der Waals surface area contributed by atoms with Gasteiger partial charge in [0.25, 0.3) is 5.56 Å². The number of aromatic nitrogens is 2. The number of imidazole rings is 1. The van der Waals surface area contributed by atoms with Crippen LogP contribution in [0.5, 0.6) is 11.5 Å². The lowest BCUT2D eigenvalue weighted by Gasteiger charge is -2.16. The van der Waals surface area contributed by atoms with Crippen LogP contribution in [0.4, 0.5) is 0 Å². The highest BCUT2D eigenvalue weighted by molar-refractivity contribution is 7.15. The third-order valence-electron chi connectivity index (χ3n) is 6.38. The number of fused-ring (bicyclic) bond motifs is 4. The number of ether oxygens (including phenoxy) is 2. The maximum atomic E-state index is 13.2. The summed E-state index contributed by atoms with van der Waals surface area (Å²) in [6, 6.07) is 26.2. The Morgan fingerprint density at radius 3 is 2.65 bits per heavy atom. The summed E-state index contributed by atoms with van der Waals surface area (Å²) in [4.78, 5) is 18.5. The minimum atomic E-state index is -0.0745. The van der Waals surface area contributed by atoms with E-state index in [2.05, 4.69) is 41.9 Å². The van der Waals surface area contributed by atoms with Crippen molar-refractivity contribution in [3.05, 3.63) is 123 Å². The van der Waals surface area contributed by atoms with Gasteiger partial charge in [-0.15, -0.1) is 6.58 Å². The molecule has 5 nitrogen and oxygen atoms in total. The first-order valence-corrected chi connectivity index (χ1v) is 12.8. The third kappa shape index (κ3) is 4.26. The smallest absolute Gasteiger partial charge is 0.274 e. The lowest BCUT2D eigenvalue weighted by molar-refractivity contribution is 0.282. The summed E-state index contributed by atoms with van der Waals surface area (Å²) in [6.07, 6.45) is 4.33. The molecule has 37 heavy (non-hydrogen) atoms. The van der Waals surface area contributed by atoms with Crippen LogP contribution in [0.2, 0.25) is 0 Å². The number of hydrogen-bond donors (Lipinski definition) is 0. The van der Waals surface area contributed by atoms with Gasteiger partial charge in [-0.1, -0.05) is 65.9 Å². The molecule has 2 aromatic heterocycles. The molecule has 0 bridgehead atoms. The lowest BCUT2D eigenvalue weighted by Crippen LogP contribution is -2.22. The van der Waals surface area contributed by atoms with Crippen LogP contribution in [0, 0.1) is 0 Å². The van der Waals surface area contributed by atoms with E-state index in [1.54, 1.807) is 11.5 Å². The monoisotopic (exact) mass is 504 g/mol. The van der Waals surface area contributed by atoms with Gasteiger partial charge in [-0.05, 0) is 64.7 Å². The van der Waals surface area contributed by atoms with Gasteiger partial charge < -0.3 is 9.47 Å². The summed E-state index contributed by atoms with van der Waals surface area (Å²) in [5, 5.41) is 2.37. The molecule has 6 rings (SSSR count). The SMILES string of the molecule is C=CCc1cc(/C=c2\sc3nc4ccccc4n3c2=O)cc(OC)c1OCc1ccc2ccccc2c1. The zero-order valence-electron chi connectivity index (χ0n) is 20.3. The summed E-state index contributed by atoms with van der Waals surface area (Å²) in [5.41, 5.74) is 4.44. The summed E-state index contributed by atoms with van der Waals surface area (Å²) in [7, 11) is 1.63. The first-order valence-electron chi connectivity index (χ1n) is 12.0. The molecule has 0 spiro atoms. The Morgan fingerprint density at radius 1 is 1.00 bits per heavy atom. The number of para-hydroxylation sites is 2. The molecule has 0 aliphatic carbocycles. The molecule has 0 aliphatic heterocycles. The quantitative estimate of drug-likeness (QED) is 0.253. The number of rotatable bonds is 7. The van der Waals surface area contributed by atoms with E-state index in [1.165, 1.54) is 22.1 Å². The Bertz CT molecular complexity index is 1900. The molecule has 0 N–H and O–H groups in total. The van der Waals surface area contributed by atoms with E-state index in [-0.39, 0.29) is 5.56 Å². The lowest BCUT2D eigenvalue weighted by atomic mass is 10.0. The first-order chi connectivity index (χ1) is 18.1. The first kappa shape index (κ1) is 23.0. The van der Waals surface area contributed by atoms with Gasteiger partial charge in [0.1, 0.15) is 6.61 Å². The molecule has 0 radical (unpaired) electrons.